The lowest BCUT2D eigenvalue weighted by Crippen LogP contribution is -2.19. The molecule has 0 atom stereocenters. The molecule has 1 heterocycles. The summed E-state index contributed by atoms with van der Waals surface area (Å²) in [5, 5.41) is 3.22. The Morgan fingerprint density at radius 3 is 2.93 bits per heavy atom. The fraction of sp³-hybridized carbons (Fsp3) is 0.727. The molecule has 86 valence electrons. The summed E-state index contributed by atoms with van der Waals surface area (Å²) < 4.78 is 10.8. The molecule has 0 radical (unpaired) electrons. The molecule has 1 N–H and O–H groups in total. The summed E-state index contributed by atoms with van der Waals surface area (Å²) in [5.41, 5.74) is 0. The van der Waals surface area contributed by atoms with E-state index in [0.717, 1.165) is 44.3 Å². The van der Waals surface area contributed by atoms with Gasteiger partial charge in [-0.15, -0.1) is 0 Å². The lowest BCUT2D eigenvalue weighted by atomic mass is 10.4. The molecule has 15 heavy (non-hydrogen) atoms. The standard InChI is InChI=1S/C11H20N2O2/c1-3-6-14-7-5-12-9-11-13-8-10(4-2)15-11/h8,12H,3-7,9H2,1-2H3. The van der Waals surface area contributed by atoms with Crippen molar-refractivity contribution in [1.29, 1.82) is 0 Å². The van der Waals surface area contributed by atoms with E-state index in [0.29, 0.717) is 6.54 Å². The first kappa shape index (κ1) is 12.2. The van der Waals surface area contributed by atoms with Gasteiger partial charge in [0.05, 0.1) is 19.3 Å². The third kappa shape index (κ3) is 4.95. The zero-order valence-electron chi connectivity index (χ0n) is 9.58. The summed E-state index contributed by atoms with van der Waals surface area (Å²) >= 11 is 0. The van der Waals surface area contributed by atoms with E-state index < -0.39 is 0 Å². The van der Waals surface area contributed by atoms with Crippen LogP contribution in [0.5, 0.6) is 0 Å². The average Bonchev–Trinajstić information content (AvgIpc) is 2.71. The lowest BCUT2D eigenvalue weighted by molar-refractivity contribution is 0.136. The van der Waals surface area contributed by atoms with Crippen molar-refractivity contribution in [2.75, 3.05) is 19.8 Å². The predicted octanol–water partition coefficient (Wildman–Crippen LogP) is 1.75. The quantitative estimate of drug-likeness (QED) is 0.667. The highest BCUT2D eigenvalue weighted by molar-refractivity contribution is 4.93. The molecule has 0 saturated heterocycles. The van der Waals surface area contributed by atoms with Crippen LogP contribution in [-0.2, 0) is 17.7 Å². The van der Waals surface area contributed by atoms with E-state index in [1.807, 2.05) is 0 Å². The molecule has 0 aliphatic heterocycles. The smallest absolute Gasteiger partial charge is 0.208 e. The molecule has 0 bridgehead atoms. The maximum atomic E-state index is 5.45. The van der Waals surface area contributed by atoms with Crippen LogP contribution >= 0.6 is 0 Å². The number of rotatable bonds is 8. The number of aryl methyl sites for hydroxylation is 1. The van der Waals surface area contributed by atoms with Gasteiger partial charge in [0, 0.05) is 19.6 Å². The minimum atomic E-state index is 0.676. The average molecular weight is 212 g/mol. The summed E-state index contributed by atoms with van der Waals surface area (Å²) in [7, 11) is 0. The minimum absolute atomic E-state index is 0.676. The number of ether oxygens (including phenoxy) is 1. The number of hydrogen-bond donors (Lipinski definition) is 1. The van der Waals surface area contributed by atoms with Crippen LogP contribution in [0.3, 0.4) is 0 Å². The van der Waals surface area contributed by atoms with Crippen LogP contribution in [0.15, 0.2) is 10.6 Å². The van der Waals surface area contributed by atoms with E-state index in [4.69, 9.17) is 9.15 Å². The van der Waals surface area contributed by atoms with Crippen LogP contribution in [-0.4, -0.2) is 24.7 Å². The third-order valence-corrected chi connectivity index (χ3v) is 2.00. The van der Waals surface area contributed by atoms with Gasteiger partial charge in [0.25, 0.3) is 0 Å². The molecule has 1 aromatic heterocycles. The number of oxazole rings is 1. The van der Waals surface area contributed by atoms with Gasteiger partial charge in [-0.05, 0) is 6.42 Å². The van der Waals surface area contributed by atoms with Crippen molar-refractivity contribution >= 4 is 0 Å². The fourth-order valence-corrected chi connectivity index (χ4v) is 1.18. The second-order valence-electron chi connectivity index (χ2n) is 3.36. The topological polar surface area (TPSA) is 47.3 Å². The molecule has 0 aromatic carbocycles. The maximum absolute atomic E-state index is 5.45. The van der Waals surface area contributed by atoms with Gasteiger partial charge in [-0.25, -0.2) is 4.98 Å². The first-order valence-electron chi connectivity index (χ1n) is 5.58. The lowest BCUT2D eigenvalue weighted by Gasteiger charge is -2.02. The van der Waals surface area contributed by atoms with E-state index in [9.17, 15) is 0 Å². The number of nitrogens with zero attached hydrogens (tertiary/aromatic N) is 1. The Hall–Kier alpha value is -0.870. The summed E-state index contributed by atoms with van der Waals surface area (Å²) in [5.74, 6) is 1.69. The molecule has 0 aliphatic rings. The summed E-state index contributed by atoms with van der Waals surface area (Å²) in [6.07, 6.45) is 3.75. The number of aromatic nitrogens is 1. The largest absolute Gasteiger partial charge is 0.444 e. The van der Waals surface area contributed by atoms with Gasteiger partial charge in [-0.1, -0.05) is 13.8 Å². The zero-order chi connectivity index (χ0) is 10.9. The zero-order valence-corrected chi connectivity index (χ0v) is 9.58. The van der Waals surface area contributed by atoms with Crippen molar-refractivity contribution in [3.05, 3.63) is 17.8 Å². The van der Waals surface area contributed by atoms with E-state index in [1.54, 1.807) is 6.20 Å². The van der Waals surface area contributed by atoms with Crippen molar-refractivity contribution in [1.82, 2.24) is 10.3 Å². The van der Waals surface area contributed by atoms with Crippen molar-refractivity contribution < 1.29 is 9.15 Å². The Kier molecular flexibility index (Phi) is 6.04. The van der Waals surface area contributed by atoms with Crippen LogP contribution in [0.25, 0.3) is 0 Å². The Balaban J connectivity index is 2.04. The predicted molar refractivity (Wildman–Crippen MR) is 58.7 cm³/mol. The second-order valence-corrected chi connectivity index (χ2v) is 3.36. The maximum Gasteiger partial charge on any atom is 0.208 e. The van der Waals surface area contributed by atoms with Crippen LogP contribution in [0.1, 0.15) is 31.9 Å². The van der Waals surface area contributed by atoms with Crippen molar-refractivity contribution in [3.63, 3.8) is 0 Å². The van der Waals surface area contributed by atoms with Crippen LogP contribution in [0, 0.1) is 0 Å². The van der Waals surface area contributed by atoms with Gasteiger partial charge >= 0.3 is 0 Å². The molecule has 0 unspecified atom stereocenters. The molecule has 0 spiro atoms. The molecule has 4 nitrogen and oxygen atoms in total. The minimum Gasteiger partial charge on any atom is -0.444 e. The number of hydrogen-bond acceptors (Lipinski definition) is 4. The summed E-state index contributed by atoms with van der Waals surface area (Å²) in [6, 6.07) is 0. The second kappa shape index (κ2) is 7.43. The molecule has 1 aromatic rings. The fourth-order valence-electron chi connectivity index (χ4n) is 1.18. The molecule has 1 rings (SSSR count). The van der Waals surface area contributed by atoms with E-state index in [-0.39, 0.29) is 0 Å². The first-order chi connectivity index (χ1) is 7.36. The van der Waals surface area contributed by atoms with Gasteiger partial charge < -0.3 is 14.5 Å². The Morgan fingerprint density at radius 2 is 2.27 bits per heavy atom. The molecular weight excluding hydrogens is 192 g/mol. The summed E-state index contributed by atoms with van der Waals surface area (Å²) in [6.45, 7) is 7.25. The Labute approximate surface area is 91.0 Å². The molecule has 0 fully saturated rings. The van der Waals surface area contributed by atoms with Gasteiger partial charge in [0.1, 0.15) is 5.76 Å². The van der Waals surface area contributed by atoms with Gasteiger partial charge in [-0.3, -0.25) is 0 Å². The van der Waals surface area contributed by atoms with Crippen LogP contribution in [0.2, 0.25) is 0 Å². The van der Waals surface area contributed by atoms with Gasteiger partial charge in [0.15, 0.2) is 0 Å². The van der Waals surface area contributed by atoms with E-state index in [2.05, 4.69) is 24.1 Å². The highest BCUT2D eigenvalue weighted by Gasteiger charge is 2.00. The highest BCUT2D eigenvalue weighted by Crippen LogP contribution is 2.03. The highest BCUT2D eigenvalue weighted by atomic mass is 16.5. The molecule has 0 saturated carbocycles. The molecule has 0 aliphatic carbocycles. The summed E-state index contributed by atoms with van der Waals surface area (Å²) in [4.78, 5) is 4.15. The van der Waals surface area contributed by atoms with Crippen LogP contribution < -0.4 is 5.32 Å². The van der Waals surface area contributed by atoms with E-state index >= 15 is 0 Å². The van der Waals surface area contributed by atoms with Crippen molar-refractivity contribution in [2.45, 2.75) is 33.2 Å². The van der Waals surface area contributed by atoms with Crippen molar-refractivity contribution in [3.8, 4) is 0 Å². The van der Waals surface area contributed by atoms with Crippen LogP contribution in [0.4, 0.5) is 0 Å². The van der Waals surface area contributed by atoms with Gasteiger partial charge in [0.2, 0.25) is 5.89 Å². The normalized spacial score (nSPS) is 10.8. The first-order valence-corrected chi connectivity index (χ1v) is 5.58. The molecular formula is C11H20N2O2. The van der Waals surface area contributed by atoms with Crippen molar-refractivity contribution in [2.24, 2.45) is 0 Å². The van der Waals surface area contributed by atoms with E-state index in [1.165, 1.54) is 0 Å². The SMILES string of the molecule is CCCOCCNCc1ncc(CC)o1. The monoisotopic (exact) mass is 212 g/mol. The Morgan fingerprint density at radius 1 is 1.40 bits per heavy atom. The Bertz CT molecular complexity index is 261. The molecule has 4 heteroatoms. The van der Waals surface area contributed by atoms with Gasteiger partial charge in [-0.2, -0.15) is 0 Å². The third-order valence-electron chi connectivity index (χ3n) is 2.00. The molecule has 0 amide bonds. The number of nitrogens with one attached hydrogen (secondary N) is 1.